The standard InChI is InChI=1S/C7H15BF3O.K/c1-3-4-7(2)5-12-6-8(9,10)11;/h7H,3-6H2,1-2H3;/q-1;+1. The Morgan fingerprint density at radius 1 is 1.31 bits per heavy atom. The van der Waals surface area contributed by atoms with Gasteiger partial charge in [0.25, 0.3) is 0 Å². The second-order valence-corrected chi connectivity index (χ2v) is 3.14. The molecule has 74 valence electrons. The van der Waals surface area contributed by atoms with E-state index in [0.717, 1.165) is 12.8 Å². The van der Waals surface area contributed by atoms with E-state index < -0.39 is 13.5 Å². The van der Waals surface area contributed by atoms with E-state index in [4.69, 9.17) is 0 Å². The zero-order valence-corrected chi connectivity index (χ0v) is 11.6. The van der Waals surface area contributed by atoms with Crippen LogP contribution in [0.1, 0.15) is 26.7 Å². The molecule has 1 unspecified atom stereocenters. The van der Waals surface area contributed by atoms with Crippen LogP contribution in [0, 0.1) is 5.92 Å². The first-order chi connectivity index (χ1) is 5.45. The Hall–Kier alpha value is 1.45. The maximum Gasteiger partial charge on any atom is 1.00 e. The van der Waals surface area contributed by atoms with E-state index in [2.05, 4.69) is 4.74 Å². The fraction of sp³-hybridized carbons (Fsp3) is 1.00. The molecular weight excluding hydrogens is 207 g/mol. The summed E-state index contributed by atoms with van der Waals surface area (Å²) in [5, 5.41) is 0. The van der Waals surface area contributed by atoms with Crippen molar-refractivity contribution >= 4 is 6.98 Å². The van der Waals surface area contributed by atoms with E-state index in [1.807, 2.05) is 13.8 Å². The fourth-order valence-corrected chi connectivity index (χ4v) is 0.979. The summed E-state index contributed by atoms with van der Waals surface area (Å²) in [4.78, 5) is 0. The first-order valence-electron chi connectivity index (χ1n) is 4.24. The molecule has 0 bridgehead atoms. The van der Waals surface area contributed by atoms with Gasteiger partial charge in [-0.3, -0.25) is 0 Å². The van der Waals surface area contributed by atoms with Crippen LogP contribution in [0.15, 0.2) is 0 Å². The van der Waals surface area contributed by atoms with Gasteiger partial charge >= 0.3 is 58.4 Å². The minimum Gasteiger partial charge on any atom is -0.447 e. The Morgan fingerprint density at radius 2 is 1.85 bits per heavy atom. The summed E-state index contributed by atoms with van der Waals surface area (Å²) in [5.41, 5.74) is 0. The Kier molecular flexibility index (Phi) is 11.3. The molecule has 0 saturated heterocycles. The maximum atomic E-state index is 11.6. The molecule has 0 amide bonds. The minimum absolute atomic E-state index is 0. The molecular formula is C7H15BF3KO. The molecule has 13 heavy (non-hydrogen) atoms. The van der Waals surface area contributed by atoms with Crippen molar-refractivity contribution in [1.82, 2.24) is 0 Å². The van der Waals surface area contributed by atoms with Crippen molar-refractivity contribution in [1.29, 1.82) is 0 Å². The normalized spacial score (nSPS) is 13.6. The molecule has 0 rings (SSSR count). The molecule has 1 nitrogen and oxygen atoms in total. The molecule has 0 radical (unpaired) electrons. The molecule has 0 spiro atoms. The second-order valence-electron chi connectivity index (χ2n) is 3.14. The minimum atomic E-state index is -4.76. The van der Waals surface area contributed by atoms with Gasteiger partial charge in [-0.05, 0) is 12.3 Å². The molecule has 0 N–H and O–H groups in total. The molecule has 0 heterocycles. The first kappa shape index (κ1) is 16.9. The molecule has 6 heteroatoms. The molecule has 1 atom stereocenters. The van der Waals surface area contributed by atoms with E-state index in [1.165, 1.54) is 0 Å². The molecule has 0 aromatic carbocycles. The van der Waals surface area contributed by atoms with Gasteiger partial charge in [0.1, 0.15) is 0 Å². The Balaban J connectivity index is 0. The summed E-state index contributed by atoms with van der Waals surface area (Å²) in [6.45, 7) is -1.71. The van der Waals surface area contributed by atoms with Gasteiger partial charge in [0.15, 0.2) is 0 Å². The van der Waals surface area contributed by atoms with Crippen LogP contribution in [-0.2, 0) is 4.74 Å². The number of halogens is 3. The molecule has 0 aliphatic rings. The van der Waals surface area contributed by atoms with Crippen molar-refractivity contribution in [2.24, 2.45) is 5.92 Å². The largest absolute Gasteiger partial charge is 1.00 e. The summed E-state index contributed by atoms with van der Waals surface area (Å²) < 4.78 is 39.4. The van der Waals surface area contributed by atoms with Crippen LogP contribution < -0.4 is 51.4 Å². The predicted octanol–water partition coefficient (Wildman–Crippen LogP) is -0.170. The van der Waals surface area contributed by atoms with Gasteiger partial charge in [0.2, 0.25) is 0 Å². The smallest absolute Gasteiger partial charge is 0.447 e. The average molecular weight is 222 g/mol. The summed E-state index contributed by atoms with van der Waals surface area (Å²) >= 11 is 0. The SMILES string of the molecule is CCCC(C)COC[B-](F)(F)F.[K+]. The molecule has 0 aliphatic carbocycles. The second kappa shape index (κ2) is 8.74. The molecule has 0 aromatic rings. The first-order valence-corrected chi connectivity index (χ1v) is 4.24. The van der Waals surface area contributed by atoms with Crippen LogP contribution in [-0.4, -0.2) is 20.1 Å². The van der Waals surface area contributed by atoms with Crippen molar-refractivity contribution in [2.45, 2.75) is 26.7 Å². The van der Waals surface area contributed by atoms with Crippen molar-refractivity contribution in [3.8, 4) is 0 Å². The van der Waals surface area contributed by atoms with Crippen molar-refractivity contribution in [3.63, 3.8) is 0 Å². The quantitative estimate of drug-likeness (QED) is 0.567. The van der Waals surface area contributed by atoms with Crippen molar-refractivity contribution in [2.75, 3.05) is 13.1 Å². The third-order valence-electron chi connectivity index (χ3n) is 1.49. The van der Waals surface area contributed by atoms with Crippen LogP contribution in [0.3, 0.4) is 0 Å². The van der Waals surface area contributed by atoms with Crippen LogP contribution in [0.25, 0.3) is 0 Å². The zero-order valence-electron chi connectivity index (χ0n) is 8.53. The zero-order chi connectivity index (χ0) is 9.61. The number of hydrogen-bond donors (Lipinski definition) is 0. The third-order valence-corrected chi connectivity index (χ3v) is 1.49. The van der Waals surface area contributed by atoms with Gasteiger partial charge in [0, 0.05) is 13.1 Å². The van der Waals surface area contributed by atoms with E-state index in [-0.39, 0.29) is 63.9 Å². The van der Waals surface area contributed by atoms with Crippen LogP contribution >= 0.6 is 0 Å². The predicted molar refractivity (Wildman–Crippen MR) is 44.0 cm³/mol. The monoisotopic (exact) mass is 222 g/mol. The molecule has 0 aromatic heterocycles. The van der Waals surface area contributed by atoms with Crippen molar-refractivity contribution < 1.29 is 69.1 Å². The molecule has 0 saturated carbocycles. The van der Waals surface area contributed by atoms with Gasteiger partial charge in [-0.2, -0.15) is 0 Å². The average Bonchev–Trinajstić information content (AvgIpc) is 1.84. The summed E-state index contributed by atoms with van der Waals surface area (Å²) in [7, 11) is 0. The van der Waals surface area contributed by atoms with E-state index in [9.17, 15) is 12.9 Å². The Morgan fingerprint density at radius 3 is 2.23 bits per heavy atom. The topological polar surface area (TPSA) is 9.23 Å². The fourth-order valence-electron chi connectivity index (χ4n) is 0.979. The van der Waals surface area contributed by atoms with Crippen molar-refractivity contribution in [3.05, 3.63) is 0 Å². The van der Waals surface area contributed by atoms with E-state index >= 15 is 0 Å². The van der Waals surface area contributed by atoms with Gasteiger partial charge < -0.3 is 17.7 Å². The third kappa shape index (κ3) is 13.5. The van der Waals surface area contributed by atoms with Gasteiger partial charge in [-0.1, -0.05) is 20.3 Å². The van der Waals surface area contributed by atoms with E-state index in [1.54, 1.807) is 0 Å². The Bertz CT molecular complexity index is 121. The summed E-state index contributed by atoms with van der Waals surface area (Å²) in [5.74, 6) is 0.230. The van der Waals surface area contributed by atoms with Crippen LogP contribution in [0.2, 0.25) is 0 Å². The molecule has 0 aliphatic heterocycles. The Labute approximate surface area is 120 Å². The number of hydrogen-bond acceptors (Lipinski definition) is 1. The van der Waals surface area contributed by atoms with Gasteiger partial charge in [-0.15, -0.1) is 0 Å². The van der Waals surface area contributed by atoms with E-state index in [0.29, 0.717) is 0 Å². The number of rotatable bonds is 6. The summed E-state index contributed by atoms with van der Waals surface area (Å²) in [6.07, 6.45) is 1.91. The van der Waals surface area contributed by atoms with Crippen LogP contribution in [0.5, 0.6) is 0 Å². The number of ether oxygens (including phenoxy) is 1. The molecule has 0 fully saturated rings. The summed E-state index contributed by atoms with van der Waals surface area (Å²) in [6, 6.07) is 0. The van der Waals surface area contributed by atoms with Crippen LogP contribution in [0.4, 0.5) is 12.9 Å². The maximum absolute atomic E-state index is 11.6. The van der Waals surface area contributed by atoms with Gasteiger partial charge in [-0.25, -0.2) is 0 Å². The van der Waals surface area contributed by atoms with Gasteiger partial charge in [0.05, 0.1) is 0 Å².